The molecule has 2 aliphatic rings. The van der Waals surface area contributed by atoms with Crippen LogP contribution in [0.5, 0.6) is 11.5 Å². The number of carboxylic acids is 1. The van der Waals surface area contributed by atoms with Crippen molar-refractivity contribution in [1.29, 1.82) is 0 Å². The fourth-order valence-corrected chi connectivity index (χ4v) is 4.09. The number of benzene rings is 2. The summed E-state index contributed by atoms with van der Waals surface area (Å²) in [7, 11) is 3.10. The van der Waals surface area contributed by atoms with Crippen LogP contribution >= 0.6 is 0 Å². The van der Waals surface area contributed by atoms with E-state index < -0.39 is 30.1 Å². The van der Waals surface area contributed by atoms with E-state index in [4.69, 9.17) is 25.4 Å². The highest BCUT2D eigenvalue weighted by atomic mass is 16.5. The van der Waals surface area contributed by atoms with Gasteiger partial charge in [0.25, 0.3) is 5.91 Å². The topological polar surface area (TPSA) is 151 Å². The largest absolute Gasteiger partial charge is 0.493 e. The molecule has 5 N–H and O–H groups in total. The Morgan fingerprint density at radius 1 is 1.18 bits per heavy atom. The number of β-amino-alcohol motifs (C(OH)–C–C–N with tert-alkyl or cyclic N) is 1. The van der Waals surface area contributed by atoms with Gasteiger partial charge in [-0.25, -0.2) is 0 Å². The number of amides is 2. The van der Waals surface area contributed by atoms with Crippen molar-refractivity contribution in [2.75, 3.05) is 20.8 Å². The van der Waals surface area contributed by atoms with E-state index in [1.165, 1.54) is 0 Å². The number of methoxy groups -OCH3 is 2. The molecule has 3 atom stereocenters. The molecule has 0 spiro atoms. The SMILES string of the molecule is COc1ccc(C(CC(N)=O)N2Cc3ccccc3C2=O)cc1OC.O=C(O)C1CC(O)CN1. The molecule has 10 nitrogen and oxygen atoms in total. The molecule has 1 saturated heterocycles. The Labute approximate surface area is 197 Å². The van der Waals surface area contributed by atoms with Crippen LogP contribution in [0.1, 0.15) is 40.4 Å². The van der Waals surface area contributed by atoms with Gasteiger partial charge in [0.05, 0.1) is 32.8 Å². The first-order valence-corrected chi connectivity index (χ1v) is 10.8. The van der Waals surface area contributed by atoms with Crippen LogP contribution in [0.2, 0.25) is 0 Å². The summed E-state index contributed by atoms with van der Waals surface area (Å²) in [6.45, 7) is 0.846. The number of ether oxygens (including phenoxy) is 2. The third-order valence-corrected chi connectivity index (χ3v) is 5.82. The van der Waals surface area contributed by atoms with Crippen LogP contribution < -0.4 is 20.5 Å². The summed E-state index contributed by atoms with van der Waals surface area (Å²) < 4.78 is 10.6. The van der Waals surface area contributed by atoms with Crippen molar-refractivity contribution in [1.82, 2.24) is 10.2 Å². The molecule has 0 radical (unpaired) electrons. The molecule has 4 rings (SSSR count). The summed E-state index contributed by atoms with van der Waals surface area (Å²) in [6.07, 6.45) is -0.115. The molecule has 182 valence electrons. The molecular weight excluding hydrogens is 442 g/mol. The summed E-state index contributed by atoms with van der Waals surface area (Å²) in [5.41, 5.74) is 7.83. The first kappa shape index (κ1) is 25.0. The highest BCUT2D eigenvalue weighted by Crippen LogP contribution is 2.37. The van der Waals surface area contributed by atoms with Crippen LogP contribution in [-0.4, -0.2) is 65.8 Å². The highest BCUT2D eigenvalue weighted by Gasteiger charge is 2.34. The van der Waals surface area contributed by atoms with Crippen molar-refractivity contribution in [2.24, 2.45) is 5.73 Å². The Balaban J connectivity index is 0.000000302. The van der Waals surface area contributed by atoms with E-state index in [0.29, 0.717) is 36.6 Å². The number of aliphatic hydroxyl groups excluding tert-OH is 1. The molecule has 2 heterocycles. The van der Waals surface area contributed by atoms with Gasteiger partial charge in [0.15, 0.2) is 11.5 Å². The lowest BCUT2D eigenvalue weighted by Crippen LogP contribution is -2.32. The summed E-state index contributed by atoms with van der Waals surface area (Å²) >= 11 is 0. The molecule has 0 bridgehead atoms. The van der Waals surface area contributed by atoms with Crippen LogP contribution in [-0.2, 0) is 16.1 Å². The lowest BCUT2D eigenvalue weighted by molar-refractivity contribution is -0.139. The van der Waals surface area contributed by atoms with Crippen molar-refractivity contribution in [3.8, 4) is 11.5 Å². The molecule has 2 aliphatic heterocycles. The average Bonchev–Trinajstić information content (AvgIpc) is 3.41. The van der Waals surface area contributed by atoms with E-state index in [1.807, 2.05) is 24.3 Å². The minimum absolute atomic E-state index is 0.0369. The van der Waals surface area contributed by atoms with Crippen molar-refractivity contribution in [2.45, 2.75) is 37.6 Å². The van der Waals surface area contributed by atoms with E-state index in [1.54, 1.807) is 37.3 Å². The summed E-state index contributed by atoms with van der Waals surface area (Å²) in [4.78, 5) is 36.3. The predicted molar refractivity (Wildman–Crippen MR) is 122 cm³/mol. The summed E-state index contributed by atoms with van der Waals surface area (Å²) in [5.74, 6) is -0.328. The molecule has 0 aromatic heterocycles. The van der Waals surface area contributed by atoms with Crippen LogP contribution in [0.25, 0.3) is 0 Å². The molecule has 10 heteroatoms. The normalized spacial score (nSPS) is 19.6. The fourth-order valence-electron chi connectivity index (χ4n) is 4.09. The van der Waals surface area contributed by atoms with Gasteiger partial charge in [-0.1, -0.05) is 24.3 Å². The lowest BCUT2D eigenvalue weighted by atomic mass is 10.0. The molecule has 2 aromatic rings. The van der Waals surface area contributed by atoms with Crippen molar-refractivity contribution < 1.29 is 34.1 Å². The van der Waals surface area contributed by atoms with Gasteiger partial charge in [0.2, 0.25) is 5.91 Å². The number of nitrogens with zero attached hydrogens (tertiary/aromatic N) is 1. The van der Waals surface area contributed by atoms with Crippen LogP contribution in [0.4, 0.5) is 0 Å². The van der Waals surface area contributed by atoms with Gasteiger partial charge in [-0.2, -0.15) is 0 Å². The zero-order chi connectivity index (χ0) is 24.8. The lowest BCUT2D eigenvalue weighted by Gasteiger charge is -2.28. The van der Waals surface area contributed by atoms with Crippen molar-refractivity contribution >= 4 is 17.8 Å². The summed E-state index contributed by atoms with van der Waals surface area (Å²) in [5, 5.41) is 19.8. The molecule has 3 unspecified atom stereocenters. The number of primary amides is 1. The van der Waals surface area contributed by atoms with Crippen LogP contribution in [0, 0.1) is 0 Å². The number of rotatable bonds is 7. The van der Waals surface area contributed by atoms with Crippen molar-refractivity contribution in [3.63, 3.8) is 0 Å². The molecular formula is C24H29N3O7. The molecule has 0 saturated carbocycles. The Kier molecular flexibility index (Phi) is 8.08. The average molecular weight is 472 g/mol. The van der Waals surface area contributed by atoms with Gasteiger partial charge in [0.1, 0.15) is 6.04 Å². The smallest absolute Gasteiger partial charge is 0.320 e. The van der Waals surface area contributed by atoms with Gasteiger partial charge in [-0.3, -0.25) is 14.4 Å². The molecule has 2 amide bonds. The number of hydrogen-bond acceptors (Lipinski definition) is 7. The number of aliphatic hydroxyl groups is 1. The summed E-state index contributed by atoms with van der Waals surface area (Å²) in [6, 6.07) is 11.8. The van der Waals surface area contributed by atoms with Gasteiger partial charge in [0, 0.05) is 25.1 Å². The number of carbonyl (C=O) groups is 3. The fraction of sp³-hybridized carbons (Fsp3) is 0.375. The molecule has 1 fully saturated rings. The number of fused-ring (bicyclic) bond motifs is 1. The van der Waals surface area contributed by atoms with E-state index in [9.17, 15) is 14.4 Å². The van der Waals surface area contributed by atoms with E-state index >= 15 is 0 Å². The Morgan fingerprint density at radius 3 is 2.41 bits per heavy atom. The maximum atomic E-state index is 12.8. The van der Waals surface area contributed by atoms with Crippen molar-refractivity contribution in [3.05, 3.63) is 59.2 Å². The third-order valence-electron chi connectivity index (χ3n) is 5.82. The zero-order valence-corrected chi connectivity index (χ0v) is 19.1. The van der Waals surface area contributed by atoms with Gasteiger partial charge in [-0.15, -0.1) is 0 Å². The maximum Gasteiger partial charge on any atom is 0.320 e. The second-order valence-corrected chi connectivity index (χ2v) is 8.08. The standard InChI is InChI=1S/C19H20N2O4.C5H9NO3/c1-24-16-8-7-12(9-17(16)25-2)15(10-18(20)22)21-11-13-5-3-4-6-14(13)19(21)23;7-3-1-4(5(8)9)6-2-3/h3-9,15H,10-11H2,1-2H3,(H2,20,22);3-4,6-7H,1-2H2,(H,8,9). The van der Waals surface area contributed by atoms with Gasteiger partial charge in [-0.05, 0) is 29.3 Å². The van der Waals surface area contributed by atoms with Crippen LogP contribution in [0.3, 0.4) is 0 Å². The van der Waals surface area contributed by atoms with E-state index in [0.717, 1.165) is 11.1 Å². The van der Waals surface area contributed by atoms with Crippen LogP contribution in [0.15, 0.2) is 42.5 Å². The molecule has 2 aromatic carbocycles. The number of hydrogen-bond donors (Lipinski definition) is 4. The Bertz CT molecular complexity index is 1060. The van der Waals surface area contributed by atoms with E-state index in [-0.39, 0.29) is 12.3 Å². The second-order valence-electron chi connectivity index (χ2n) is 8.08. The van der Waals surface area contributed by atoms with Gasteiger partial charge >= 0.3 is 5.97 Å². The highest BCUT2D eigenvalue weighted by molar-refractivity contribution is 5.98. The number of nitrogens with one attached hydrogen (secondary N) is 1. The number of aliphatic carboxylic acids is 1. The molecule has 34 heavy (non-hydrogen) atoms. The minimum Gasteiger partial charge on any atom is -0.493 e. The maximum absolute atomic E-state index is 12.8. The number of carboxylic acid groups (broad SMARTS) is 1. The zero-order valence-electron chi connectivity index (χ0n) is 19.1. The predicted octanol–water partition coefficient (Wildman–Crippen LogP) is 1.07. The van der Waals surface area contributed by atoms with E-state index in [2.05, 4.69) is 5.32 Å². The number of carbonyl (C=O) groups excluding carboxylic acids is 2. The minimum atomic E-state index is -0.883. The second kappa shape index (κ2) is 11.0. The third kappa shape index (κ3) is 5.64. The monoisotopic (exact) mass is 471 g/mol. The number of nitrogens with two attached hydrogens (primary N) is 1. The first-order valence-electron chi connectivity index (χ1n) is 10.8. The van der Waals surface area contributed by atoms with Gasteiger partial charge < -0.3 is 35.6 Å². The first-order chi connectivity index (χ1) is 16.2. The quantitative estimate of drug-likeness (QED) is 0.468. The molecule has 0 aliphatic carbocycles. The Morgan fingerprint density at radius 2 is 1.88 bits per heavy atom. The Hall–Kier alpha value is -3.63.